The molecule has 2 rings (SSSR count). The van der Waals surface area contributed by atoms with Gasteiger partial charge in [-0.1, -0.05) is 0 Å². The lowest BCUT2D eigenvalue weighted by atomic mass is 9.87. The van der Waals surface area contributed by atoms with Gasteiger partial charge in [0.2, 0.25) is 0 Å². The molecule has 2 nitrogen and oxygen atoms in total. The molecule has 94 valence electrons. The van der Waals surface area contributed by atoms with E-state index in [1.807, 2.05) is 0 Å². The van der Waals surface area contributed by atoms with Crippen molar-refractivity contribution in [3.8, 4) is 0 Å². The zero-order valence-electron chi connectivity index (χ0n) is 9.26. The van der Waals surface area contributed by atoms with E-state index in [9.17, 15) is 13.2 Å². The van der Waals surface area contributed by atoms with Gasteiger partial charge in [0.25, 0.3) is 0 Å². The van der Waals surface area contributed by atoms with Gasteiger partial charge in [0.15, 0.2) is 11.6 Å². The predicted octanol–water partition coefficient (Wildman–Crippen LogP) is 2.53. The molecule has 0 unspecified atom stereocenters. The normalized spacial score (nSPS) is 19.3. The Morgan fingerprint density at radius 3 is 2.29 bits per heavy atom. The molecule has 1 heterocycles. The molecule has 1 aliphatic rings. The second kappa shape index (κ2) is 5.06. The van der Waals surface area contributed by atoms with E-state index in [0.29, 0.717) is 32.1 Å². The highest BCUT2D eigenvalue weighted by atomic mass is 19.2. The molecule has 5 heteroatoms. The molecule has 1 fully saturated rings. The van der Waals surface area contributed by atoms with Gasteiger partial charge in [-0.2, -0.15) is 0 Å². The summed E-state index contributed by atoms with van der Waals surface area (Å²) in [5.74, 6) is -3.00. The Kier molecular flexibility index (Phi) is 3.69. The van der Waals surface area contributed by atoms with Gasteiger partial charge in [-0.15, -0.1) is 0 Å². The van der Waals surface area contributed by atoms with E-state index in [-0.39, 0.29) is 11.5 Å². The van der Waals surface area contributed by atoms with Crippen LogP contribution in [0.5, 0.6) is 0 Å². The van der Waals surface area contributed by atoms with Crippen LogP contribution in [0.4, 0.5) is 13.2 Å². The predicted molar refractivity (Wildman–Crippen MR) is 56.8 cm³/mol. The van der Waals surface area contributed by atoms with Crippen molar-refractivity contribution < 1.29 is 17.9 Å². The molecule has 0 spiro atoms. The molecule has 17 heavy (non-hydrogen) atoms. The summed E-state index contributed by atoms with van der Waals surface area (Å²) in [6, 6.07) is 0.781. The van der Waals surface area contributed by atoms with Crippen LogP contribution in [-0.2, 0) is 4.74 Å². The second-order valence-electron chi connectivity index (χ2n) is 4.26. The number of benzene rings is 1. The van der Waals surface area contributed by atoms with Crippen LogP contribution < -0.4 is 5.73 Å². The van der Waals surface area contributed by atoms with Gasteiger partial charge in [0.05, 0.1) is 0 Å². The standard InChI is InChI=1S/C12H14F3NO/c13-9-6-11(15)10(14)5-8(9)12(16)7-1-3-17-4-2-7/h5-7,12H,1-4,16H2/t12-/m0/s1. The molecule has 1 aromatic rings. The van der Waals surface area contributed by atoms with Crippen LogP contribution in [0.1, 0.15) is 24.4 Å². The van der Waals surface area contributed by atoms with Gasteiger partial charge >= 0.3 is 0 Å². The first-order valence-electron chi connectivity index (χ1n) is 5.57. The molecular formula is C12H14F3NO. The smallest absolute Gasteiger partial charge is 0.161 e. The van der Waals surface area contributed by atoms with Crippen molar-refractivity contribution in [3.63, 3.8) is 0 Å². The fourth-order valence-electron chi connectivity index (χ4n) is 2.12. The number of hydrogen-bond acceptors (Lipinski definition) is 2. The first kappa shape index (κ1) is 12.4. The van der Waals surface area contributed by atoms with Crippen LogP contribution in [0.15, 0.2) is 12.1 Å². The molecule has 0 aromatic heterocycles. The van der Waals surface area contributed by atoms with Crippen molar-refractivity contribution in [2.24, 2.45) is 11.7 Å². The van der Waals surface area contributed by atoms with Crippen LogP contribution in [0, 0.1) is 23.4 Å². The van der Waals surface area contributed by atoms with Crippen molar-refractivity contribution in [1.29, 1.82) is 0 Å². The number of rotatable bonds is 2. The van der Waals surface area contributed by atoms with E-state index in [0.717, 1.165) is 6.07 Å². The molecular weight excluding hydrogens is 231 g/mol. The van der Waals surface area contributed by atoms with E-state index in [1.54, 1.807) is 0 Å². The van der Waals surface area contributed by atoms with Gasteiger partial charge in [0, 0.05) is 30.9 Å². The largest absolute Gasteiger partial charge is 0.381 e. The van der Waals surface area contributed by atoms with Gasteiger partial charge in [-0.25, -0.2) is 13.2 Å². The van der Waals surface area contributed by atoms with E-state index in [2.05, 4.69) is 0 Å². The first-order valence-corrected chi connectivity index (χ1v) is 5.57. The number of hydrogen-bond donors (Lipinski definition) is 1. The lowest BCUT2D eigenvalue weighted by Gasteiger charge is -2.28. The molecule has 0 aliphatic carbocycles. The Morgan fingerprint density at radius 2 is 1.65 bits per heavy atom. The number of nitrogens with two attached hydrogens (primary N) is 1. The zero-order chi connectivity index (χ0) is 12.4. The summed E-state index contributed by atoms with van der Waals surface area (Å²) in [6.07, 6.45) is 1.42. The second-order valence-corrected chi connectivity index (χ2v) is 4.26. The Morgan fingerprint density at radius 1 is 1.06 bits per heavy atom. The summed E-state index contributed by atoms with van der Waals surface area (Å²) < 4.78 is 44.5. The van der Waals surface area contributed by atoms with Crippen molar-refractivity contribution in [2.45, 2.75) is 18.9 Å². The molecule has 0 amide bonds. The average Bonchev–Trinajstić information content (AvgIpc) is 2.34. The molecule has 1 aliphatic heterocycles. The number of halogens is 3. The first-order chi connectivity index (χ1) is 8.09. The summed E-state index contributed by atoms with van der Waals surface area (Å²) >= 11 is 0. The monoisotopic (exact) mass is 245 g/mol. The molecule has 1 saturated heterocycles. The van der Waals surface area contributed by atoms with E-state index in [4.69, 9.17) is 10.5 Å². The van der Waals surface area contributed by atoms with Crippen LogP contribution in [0.25, 0.3) is 0 Å². The van der Waals surface area contributed by atoms with Crippen molar-refractivity contribution in [2.75, 3.05) is 13.2 Å². The minimum Gasteiger partial charge on any atom is -0.381 e. The fraction of sp³-hybridized carbons (Fsp3) is 0.500. The highest BCUT2D eigenvalue weighted by Crippen LogP contribution is 2.30. The van der Waals surface area contributed by atoms with Gasteiger partial charge in [0.1, 0.15) is 5.82 Å². The summed E-state index contributed by atoms with van der Waals surface area (Å²) in [7, 11) is 0. The third kappa shape index (κ3) is 2.61. The van der Waals surface area contributed by atoms with Crippen molar-refractivity contribution in [3.05, 3.63) is 35.1 Å². The van der Waals surface area contributed by atoms with Crippen LogP contribution in [0.3, 0.4) is 0 Å². The maximum absolute atomic E-state index is 13.5. The third-order valence-corrected chi connectivity index (χ3v) is 3.17. The van der Waals surface area contributed by atoms with Crippen LogP contribution >= 0.6 is 0 Å². The highest BCUT2D eigenvalue weighted by molar-refractivity contribution is 5.23. The van der Waals surface area contributed by atoms with Crippen LogP contribution in [0.2, 0.25) is 0 Å². The van der Waals surface area contributed by atoms with Crippen molar-refractivity contribution in [1.82, 2.24) is 0 Å². The zero-order valence-corrected chi connectivity index (χ0v) is 9.26. The van der Waals surface area contributed by atoms with Crippen LogP contribution in [-0.4, -0.2) is 13.2 Å². The average molecular weight is 245 g/mol. The molecule has 1 atom stereocenters. The van der Waals surface area contributed by atoms with Crippen molar-refractivity contribution >= 4 is 0 Å². The molecule has 0 saturated carbocycles. The molecule has 0 bridgehead atoms. The highest BCUT2D eigenvalue weighted by Gasteiger charge is 2.25. The minimum atomic E-state index is -1.19. The molecule has 0 radical (unpaired) electrons. The van der Waals surface area contributed by atoms with E-state index in [1.165, 1.54) is 0 Å². The Hall–Kier alpha value is -1.07. The Labute approximate surface area is 97.6 Å². The maximum Gasteiger partial charge on any atom is 0.161 e. The number of ether oxygens (including phenoxy) is 1. The topological polar surface area (TPSA) is 35.2 Å². The molecule has 1 aromatic carbocycles. The van der Waals surface area contributed by atoms with E-state index < -0.39 is 23.5 Å². The summed E-state index contributed by atoms with van der Waals surface area (Å²) in [5.41, 5.74) is 5.94. The van der Waals surface area contributed by atoms with Gasteiger partial charge in [-0.3, -0.25) is 0 Å². The van der Waals surface area contributed by atoms with Gasteiger partial charge in [-0.05, 0) is 24.8 Å². The Balaban J connectivity index is 2.23. The van der Waals surface area contributed by atoms with Gasteiger partial charge < -0.3 is 10.5 Å². The third-order valence-electron chi connectivity index (χ3n) is 3.17. The van der Waals surface area contributed by atoms with E-state index >= 15 is 0 Å². The lowest BCUT2D eigenvalue weighted by Crippen LogP contribution is -2.28. The minimum absolute atomic E-state index is 0.0378. The summed E-state index contributed by atoms with van der Waals surface area (Å²) in [6.45, 7) is 1.15. The summed E-state index contributed by atoms with van der Waals surface area (Å²) in [4.78, 5) is 0. The SMILES string of the molecule is N[C@H](c1cc(F)c(F)cc1F)C1CCOCC1. The Bertz CT molecular complexity index is 405. The lowest BCUT2D eigenvalue weighted by molar-refractivity contribution is 0.0579. The maximum atomic E-state index is 13.5. The molecule has 2 N–H and O–H groups in total. The summed E-state index contributed by atoms with van der Waals surface area (Å²) in [5, 5.41) is 0. The quantitative estimate of drug-likeness (QED) is 0.812. The fourth-order valence-corrected chi connectivity index (χ4v) is 2.12.